The number of hydrogen-bond donors (Lipinski definition) is 3. The first kappa shape index (κ1) is 34.7. The molecule has 0 spiro atoms. The first-order chi connectivity index (χ1) is 24.8. The number of piperidine rings is 1. The molecule has 0 bridgehead atoms. The van der Waals surface area contributed by atoms with Crippen LogP contribution in [-0.2, 0) is 25.5 Å². The Balaban J connectivity index is 1.00. The zero-order valence-electron chi connectivity index (χ0n) is 29.6. The maximum absolute atomic E-state index is 14.4. The second-order valence-electron chi connectivity index (χ2n) is 14.5. The van der Waals surface area contributed by atoms with Crippen LogP contribution in [0.3, 0.4) is 0 Å². The Morgan fingerprint density at radius 3 is 2.22 bits per heavy atom. The van der Waals surface area contributed by atoms with Crippen molar-refractivity contribution in [2.24, 2.45) is 5.92 Å². The molecule has 0 aromatic heterocycles. The molecule has 0 unspecified atom stereocenters. The zero-order chi connectivity index (χ0) is 35.5. The van der Waals surface area contributed by atoms with Gasteiger partial charge in [-0.05, 0) is 104 Å². The first-order valence-electron chi connectivity index (χ1n) is 18.6. The van der Waals surface area contributed by atoms with Gasteiger partial charge < -0.3 is 25.6 Å². The number of amides is 4. The van der Waals surface area contributed by atoms with Crippen LogP contribution in [0, 0.1) is 5.92 Å². The standard InChI is InChI=1S/C41H49N5O5/c1-26(45(2)41(50)51-25-34-32-16-7-5-14-30(32)31-15-6-8-17-33(31)34)38(47)44-37(28-20-22-42-23-21-28)40(49)46-24-10-19-36(46)39(48)43-35-18-9-12-27-11-3-4-13-29(27)35/h3-8,11,13-17,26,28,34-37,42H,9-10,12,18-25H2,1-2H3,(H,43,48)(H,44,47)/t26-,35-,36+,37+/m1/s1. The number of carbonyl (C=O) groups is 4. The van der Waals surface area contributed by atoms with E-state index in [-0.39, 0.29) is 36.3 Å². The Kier molecular flexibility index (Phi) is 10.4. The molecule has 3 aromatic rings. The van der Waals surface area contributed by atoms with Gasteiger partial charge in [0.15, 0.2) is 0 Å². The van der Waals surface area contributed by atoms with Crippen molar-refractivity contribution in [2.45, 2.75) is 82.0 Å². The average molecular weight is 692 g/mol. The van der Waals surface area contributed by atoms with Gasteiger partial charge >= 0.3 is 6.09 Å². The Hall–Kier alpha value is -4.70. The Morgan fingerprint density at radius 1 is 0.863 bits per heavy atom. The molecule has 3 aromatic carbocycles. The third-order valence-corrected chi connectivity index (χ3v) is 11.5. The van der Waals surface area contributed by atoms with Crippen molar-refractivity contribution in [3.8, 4) is 11.1 Å². The van der Waals surface area contributed by atoms with Crippen LogP contribution in [0.2, 0.25) is 0 Å². The fourth-order valence-corrected chi connectivity index (χ4v) is 8.52. The van der Waals surface area contributed by atoms with Crippen molar-refractivity contribution in [1.82, 2.24) is 25.8 Å². The van der Waals surface area contributed by atoms with E-state index in [1.54, 1.807) is 18.9 Å². The zero-order valence-corrected chi connectivity index (χ0v) is 29.6. The third-order valence-electron chi connectivity index (χ3n) is 11.5. The van der Waals surface area contributed by atoms with Crippen LogP contribution in [-0.4, -0.2) is 85.0 Å². The highest BCUT2D eigenvalue weighted by Crippen LogP contribution is 2.44. The highest BCUT2D eigenvalue weighted by atomic mass is 16.6. The molecule has 0 saturated carbocycles. The second-order valence-corrected chi connectivity index (χ2v) is 14.5. The molecular formula is C41H49N5O5. The van der Waals surface area contributed by atoms with Crippen LogP contribution in [0.15, 0.2) is 72.8 Å². The number of fused-ring (bicyclic) bond motifs is 4. The molecule has 2 saturated heterocycles. The van der Waals surface area contributed by atoms with E-state index in [0.29, 0.717) is 13.0 Å². The van der Waals surface area contributed by atoms with E-state index < -0.39 is 30.1 Å². The van der Waals surface area contributed by atoms with Gasteiger partial charge in [0.1, 0.15) is 24.7 Å². The number of rotatable bonds is 9. The minimum absolute atomic E-state index is 0.0748. The molecule has 4 aliphatic rings. The fourth-order valence-electron chi connectivity index (χ4n) is 8.52. The van der Waals surface area contributed by atoms with Crippen molar-refractivity contribution in [1.29, 1.82) is 0 Å². The van der Waals surface area contributed by atoms with Crippen LogP contribution in [0.1, 0.15) is 79.7 Å². The molecule has 10 heteroatoms. The van der Waals surface area contributed by atoms with Gasteiger partial charge in [0.05, 0.1) is 6.04 Å². The van der Waals surface area contributed by atoms with Crippen LogP contribution >= 0.6 is 0 Å². The summed E-state index contributed by atoms with van der Waals surface area (Å²) in [6.45, 7) is 3.74. The van der Waals surface area contributed by atoms with E-state index in [1.807, 2.05) is 36.4 Å². The van der Waals surface area contributed by atoms with E-state index in [4.69, 9.17) is 4.74 Å². The Labute approximate surface area is 300 Å². The molecule has 2 heterocycles. The van der Waals surface area contributed by atoms with Crippen LogP contribution in [0.25, 0.3) is 11.1 Å². The summed E-state index contributed by atoms with van der Waals surface area (Å²) in [6, 6.07) is 22.2. The molecule has 268 valence electrons. The third kappa shape index (κ3) is 7.11. The maximum Gasteiger partial charge on any atom is 0.410 e. The smallest absolute Gasteiger partial charge is 0.410 e. The molecule has 2 aliphatic heterocycles. The lowest BCUT2D eigenvalue weighted by Crippen LogP contribution is -2.59. The van der Waals surface area contributed by atoms with E-state index in [2.05, 4.69) is 52.3 Å². The quantitative estimate of drug-likeness (QED) is 0.293. The summed E-state index contributed by atoms with van der Waals surface area (Å²) in [5.74, 6) is -0.986. The summed E-state index contributed by atoms with van der Waals surface area (Å²) in [6.07, 6.45) is 5.01. The van der Waals surface area contributed by atoms with Gasteiger partial charge in [0.25, 0.3) is 0 Å². The molecule has 10 nitrogen and oxygen atoms in total. The molecule has 51 heavy (non-hydrogen) atoms. The minimum atomic E-state index is -0.887. The van der Waals surface area contributed by atoms with Crippen molar-refractivity contribution in [3.05, 3.63) is 95.1 Å². The predicted octanol–water partition coefficient (Wildman–Crippen LogP) is 4.93. The number of nitrogens with zero attached hydrogens (tertiary/aromatic N) is 2. The number of ether oxygens (including phenoxy) is 1. The molecule has 4 amide bonds. The highest BCUT2D eigenvalue weighted by Gasteiger charge is 2.42. The lowest BCUT2D eigenvalue weighted by molar-refractivity contribution is -0.143. The number of nitrogens with one attached hydrogen (secondary N) is 3. The van der Waals surface area contributed by atoms with Crippen molar-refractivity contribution < 1.29 is 23.9 Å². The van der Waals surface area contributed by atoms with E-state index in [0.717, 1.165) is 79.4 Å². The SMILES string of the molecule is C[C@H](C(=O)N[C@H](C(=O)N1CCC[C@H]1C(=O)N[C@@H]1CCCc2ccccc21)C1CCNCC1)N(C)C(=O)OCC1c2ccccc2-c2ccccc21. The number of hydrogen-bond acceptors (Lipinski definition) is 6. The summed E-state index contributed by atoms with van der Waals surface area (Å²) >= 11 is 0. The Morgan fingerprint density at radius 2 is 1.51 bits per heavy atom. The van der Waals surface area contributed by atoms with Crippen molar-refractivity contribution in [2.75, 3.05) is 33.3 Å². The lowest BCUT2D eigenvalue weighted by atomic mass is 9.87. The van der Waals surface area contributed by atoms with Gasteiger partial charge in [-0.15, -0.1) is 0 Å². The summed E-state index contributed by atoms with van der Waals surface area (Å²) in [4.78, 5) is 58.3. The highest BCUT2D eigenvalue weighted by molar-refractivity contribution is 5.94. The van der Waals surface area contributed by atoms with E-state index in [9.17, 15) is 19.2 Å². The summed E-state index contributed by atoms with van der Waals surface area (Å²) < 4.78 is 5.83. The first-order valence-corrected chi connectivity index (χ1v) is 18.6. The van der Waals surface area contributed by atoms with Crippen molar-refractivity contribution >= 4 is 23.8 Å². The van der Waals surface area contributed by atoms with Gasteiger partial charge in [-0.1, -0.05) is 72.8 Å². The van der Waals surface area contributed by atoms with E-state index >= 15 is 0 Å². The normalized spacial score (nSPS) is 21.1. The average Bonchev–Trinajstić information content (AvgIpc) is 3.79. The molecule has 2 fully saturated rings. The lowest BCUT2D eigenvalue weighted by Gasteiger charge is -2.36. The predicted molar refractivity (Wildman–Crippen MR) is 195 cm³/mol. The summed E-state index contributed by atoms with van der Waals surface area (Å²) in [5.41, 5.74) is 6.92. The molecule has 2 aliphatic carbocycles. The number of likely N-dealkylation sites (tertiary alicyclic amines) is 1. The summed E-state index contributed by atoms with van der Waals surface area (Å²) in [7, 11) is 1.55. The number of carbonyl (C=O) groups excluding carboxylic acids is 4. The largest absolute Gasteiger partial charge is 0.448 e. The topological polar surface area (TPSA) is 120 Å². The van der Waals surface area contributed by atoms with Gasteiger partial charge in [-0.3, -0.25) is 19.3 Å². The maximum atomic E-state index is 14.4. The van der Waals surface area contributed by atoms with Crippen LogP contribution < -0.4 is 16.0 Å². The molecule has 0 radical (unpaired) electrons. The van der Waals surface area contributed by atoms with E-state index in [1.165, 1.54) is 10.5 Å². The minimum Gasteiger partial charge on any atom is -0.448 e. The van der Waals surface area contributed by atoms with Crippen LogP contribution in [0.5, 0.6) is 0 Å². The van der Waals surface area contributed by atoms with Crippen LogP contribution in [0.4, 0.5) is 4.79 Å². The molecular weight excluding hydrogens is 642 g/mol. The summed E-state index contributed by atoms with van der Waals surface area (Å²) in [5, 5.41) is 9.65. The van der Waals surface area contributed by atoms with Gasteiger partial charge in [-0.2, -0.15) is 0 Å². The molecule has 3 N–H and O–H groups in total. The molecule has 4 atom stereocenters. The van der Waals surface area contributed by atoms with Gasteiger partial charge in [0.2, 0.25) is 17.7 Å². The van der Waals surface area contributed by atoms with Gasteiger partial charge in [-0.25, -0.2) is 4.79 Å². The van der Waals surface area contributed by atoms with Crippen molar-refractivity contribution in [3.63, 3.8) is 0 Å². The number of likely N-dealkylation sites (N-methyl/N-ethyl adjacent to an activating group) is 1. The monoisotopic (exact) mass is 691 g/mol. The second kappa shape index (κ2) is 15.3. The number of benzene rings is 3. The fraction of sp³-hybridized carbons (Fsp3) is 0.463. The molecule has 7 rings (SSSR count). The number of aryl methyl sites for hydroxylation is 1. The Bertz CT molecular complexity index is 1730. The van der Waals surface area contributed by atoms with Gasteiger partial charge in [0, 0.05) is 19.5 Å².